The molecule has 4 amide bonds. The van der Waals surface area contributed by atoms with Crippen molar-refractivity contribution in [2.75, 3.05) is 40.5 Å². The number of rotatable bonds is 17. The molecule has 18 heteroatoms. The summed E-state index contributed by atoms with van der Waals surface area (Å²) < 4.78 is 13.0. The van der Waals surface area contributed by atoms with Gasteiger partial charge in [-0.15, -0.1) is 5.06 Å². The molecule has 335 valence electrons. The van der Waals surface area contributed by atoms with E-state index in [1.54, 1.807) is 21.1 Å². The number of carbonyl (C=O) groups excluding carboxylic acids is 6. The van der Waals surface area contributed by atoms with Gasteiger partial charge in [-0.3, -0.25) is 24.0 Å². The number of carbonyl (C=O) groups is 6. The SMILES string of the molecule is CC(=O)NCc1ccc(C(C)(O)c2ccccc2)cc1.CN=S.COCCOCCNC(=O)CCC(=O)ON1C(=O)CCC1=O.NCc1ccc(C(=O)c2ccccc2)cc1.[U].[V]. The van der Waals surface area contributed by atoms with Crippen molar-refractivity contribution in [3.63, 3.8) is 0 Å². The Morgan fingerprint density at radius 1 is 0.778 bits per heavy atom. The van der Waals surface area contributed by atoms with Gasteiger partial charge in [-0.2, -0.15) is 0 Å². The number of nitrogens with two attached hydrogens (primary N) is 1. The smallest absolute Gasteiger partial charge is 0.333 e. The summed E-state index contributed by atoms with van der Waals surface area (Å²) in [6.07, 6.45) is -0.230. The fourth-order valence-corrected chi connectivity index (χ4v) is 5.27. The Hall–Kier alpha value is -4.40. The Bertz CT molecular complexity index is 1980. The maximum Gasteiger partial charge on any atom is 0.333 e. The minimum Gasteiger partial charge on any atom is -0.382 e. The molecule has 1 radical (unpaired) electrons. The molecule has 1 saturated heterocycles. The maximum atomic E-state index is 12.0. The van der Waals surface area contributed by atoms with Gasteiger partial charge in [0.1, 0.15) is 5.60 Å². The van der Waals surface area contributed by atoms with Crippen LogP contribution in [0.15, 0.2) is 114 Å². The fourth-order valence-electron chi connectivity index (χ4n) is 5.27. The molecule has 1 atom stereocenters. The van der Waals surface area contributed by atoms with Gasteiger partial charge in [0.05, 0.1) is 26.2 Å². The number of methoxy groups -OCH3 is 1. The topological polar surface area (TPSA) is 216 Å². The number of hydroxylamine groups is 2. The molecule has 1 unspecified atom stereocenters. The number of hydrogen-bond donors (Lipinski definition) is 4. The molecule has 5 N–H and O–H groups in total. The molecule has 1 aliphatic heterocycles. The average molecular weight is 1150 g/mol. The zero-order valence-electron chi connectivity index (χ0n) is 35.9. The average Bonchev–Trinajstić information content (AvgIpc) is 3.59. The van der Waals surface area contributed by atoms with Crippen LogP contribution in [0.5, 0.6) is 0 Å². The van der Waals surface area contributed by atoms with Crippen LogP contribution in [-0.2, 0) is 88.0 Å². The van der Waals surface area contributed by atoms with Crippen LogP contribution in [-0.4, -0.2) is 86.1 Å². The predicted octanol–water partition coefficient (Wildman–Crippen LogP) is 4.45. The fraction of sp³-hybridized carbons (Fsp3) is 0.333. The van der Waals surface area contributed by atoms with Crippen molar-refractivity contribution in [2.45, 2.75) is 58.2 Å². The van der Waals surface area contributed by atoms with Crippen molar-refractivity contribution in [3.05, 3.63) is 143 Å². The second-order valence-corrected chi connectivity index (χ2v) is 13.7. The van der Waals surface area contributed by atoms with Gasteiger partial charge < -0.3 is 35.8 Å². The van der Waals surface area contributed by atoms with Gasteiger partial charge in [-0.25, -0.2) is 9.16 Å². The van der Waals surface area contributed by atoms with Crippen LogP contribution >= 0.6 is 0 Å². The molecule has 1 fully saturated rings. The Kier molecular flexibility index (Phi) is 30.8. The van der Waals surface area contributed by atoms with E-state index < -0.39 is 23.4 Å². The van der Waals surface area contributed by atoms with Crippen LogP contribution in [0.3, 0.4) is 0 Å². The van der Waals surface area contributed by atoms with E-state index in [0.717, 1.165) is 22.3 Å². The quantitative estimate of drug-likeness (QED) is 0.0656. The first-order chi connectivity index (χ1) is 29.3. The molecule has 5 rings (SSSR count). The van der Waals surface area contributed by atoms with Crippen LogP contribution in [0.2, 0.25) is 0 Å². The molecule has 0 saturated carbocycles. The number of nitrogens with zero attached hydrogens (tertiary/aromatic N) is 2. The number of ether oxygens (including phenoxy) is 2. The predicted molar refractivity (Wildman–Crippen MR) is 231 cm³/mol. The summed E-state index contributed by atoms with van der Waals surface area (Å²) in [6, 6.07) is 33.9. The number of nitrogens with one attached hydrogen (secondary N) is 2. The van der Waals surface area contributed by atoms with E-state index in [4.69, 9.17) is 15.2 Å². The van der Waals surface area contributed by atoms with E-state index in [0.29, 0.717) is 55.6 Å². The molecule has 0 bridgehead atoms. The molecular weight excluding hydrogens is 1090 g/mol. The van der Waals surface area contributed by atoms with Crippen molar-refractivity contribution >= 4 is 47.8 Å². The maximum absolute atomic E-state index is 12.0. The van der Waals surface area contributed by atoms with Gasteiger partial charge in [0.15, 0.2) is 5.78 Å². The van der Waals surface area contributed by atoms with Crippen LogP contribution in [0.1, 0.15) is 77.7 Å². The van der Waals surface area contributed by atoms with Crippen molar-refractivity contribution in [1.82, 2.24) is 15.7 Å². The third-order valence-electron chi connectivity index (χ3n) is 8.64. The van der Waals surface area contributed by atoms with Crippen LogP contribution in [0.25, 0.3) is 0 Å². The summed E-state index contributed by atoms with van der Waals surface area (Å²) in [5.41, 5.74) is 9.62. The molecule has 0 aliphatic carbocycles. The molecule has 1 aliphatic rings. The van der Waals surface area contributed by atoms with Crippen molar-refractivity contribution in [1.29, 1.82) is 0 Å². The third-order valence-corrected chi connectivity index (χ3v) is 8.64. The molecule has 4 aromatic rings. The minimum absolute atomic E-state index is 0. The summed E-state index contributed by atoms with van der Waals surface area (Å²) in [5, 5.41) is 16.5. The van der Waals surface area contributed by atoms with Crippen molar-refractivity contribution in [2.24, 2.45) is 10.1 Å². The van der Waals surface area contributed by atoms with Crippen LogP contribution in [0, 0.1) is 31.1 Å². The second-order valence-electron chi connectivity index (χ2n) is 13.3. The van der Waals surface area contributed by atoms with E-state index >= 15 is 0 Å². The van der Waals surface area contributed by atoms with E-state index in [-0.39, 0.29) is 92.9 Å². The molecule has 1 heterocycles. The molecule has 4 aromatic carbocycles. The van der Waals surface area contributed by atoms with Gasteiger partial charge >= 0.3 is 5.97 Å². The number of hydrogen-bond acceptors (Lipinski definition) is 13. The first-order valence-corrected chi connectivity index (χ1v) is 19.8. The zero-order chi connectivity index (χ0) is 45.0. The van der Waals surface area contributed by atoms with Crippen LogP contribution in [0.4, 0.5) is 0 Å². The summed E-state index contributed by atoms with van der Waals surface area (Å²) in [6.45, 7) is 5.87. The Morgan fingerprint density at radius 3 is 1.81 bits per heavy atom. The van der Waals surface area contributed by atoms with Crippen LogP contribution < -0.4 is 16.4 Å². The Labute approximate surface area is 410 Å². The first-order valence-electron chi connectivity index (χ1n) is 19.4. The normalized spacial score (nSPS) is 12.1. The van der Waals surface area contributed by atoms with Crippen molar-refractivity contribution < 1.29 is 97.9 Å². The Balaban J connectivity index is 0.000000880. The first kappa shape index (κ1) is 58.6. The summed E-state index contributed by atoms with van der Waals surface area (Å²) in [4.78, 5) is 72.9. The standard InChI is InChI=1S/C17H19NO2.C14H13NO.C13H20N2O7.CH3NS.U.V/c1-13(19)18-12-14-8-10-16(11-9-14)17(2,20)15-6-4-3-5-7-15;15-10-11-6-8-13(9-7-11)14(16)12-4-2-1-3-5-12;1-20-8-9-21-7-6-14-10(16)2-5-13(19)22-15-11(17)3-4-12(15)18;1-2-3;;/h3-11,20H,12H2,1-2H3,(H,18,19);1-9H,10,15H2;2-9H2,1H3,(H,14,16);1H3;;. The van der Waals surface area contributed by atoms with Gasteiger partial charge in [-0.05, 0) is 29.2 Å². The third kappa shape index (κ3) is 22.7. The molecule has 15 nitrogen and oxygen atoms in total. The van der Waals surface area contributed by atoms with E-state index in [1.807, 2.05) is 109 Å². The Morgan fingerprint density at radius 2 is 1.29 bits per heavy atom. The molecule has 63 heavy (non-hydrogen) atoms. The van der Waals surface area contributed by atoms with E-state index in [2.05, 4.69) is 32.3 Å². The van der Waals surface area contributed by atoms with E-state index in [9.17, 15) is 33.9 Å². The summed E-state index contributed by atoms with van der Waals surface area (Å²) in [7, 11) is 3.13. The molecular formula is C45H55N5O10SUV. The number of imide groups is 1. The largest absolute Gasteiger partial charge is 0.382 e. The number of amides is 4. The van der Waals surface area contributed by atoms with Gasteiger partial charge in [0, 0.05) is 133 Å². The number of aliphatic hydroxyl groups is 1. The van der Waals surface area contributed by atoms with E-state index in [1.165, 1.54) is 6.92 Å². The van der Waals surface area contributed by atoms with Crippen molar-refractivity contribution in [3.8, 4) is 0 Å². The number of ketones is 1. The minimum atomic E-state index is -1.02. The zero-order valence-corrected chi connectivity index (χ0v) is 42.3. The molecule has 0 aromatic heterocycles. The van der Waals surface area contributed by atoms with Gasteiger partial charge in [0.25, 0.3) is 11.8 Å². The van der Waals surface area contributed by atoms with Gasteiger partial charge in [0.2, 0.25) is 11.8 Å². The van der Waals surface area contributed by atoms with Gasteiger partial charge in [-0.1, -0.05) is 109 Å². The summed E-state index contributed by atoms with van der Waals surface area (Å²) in [5.74, 6) is -2.23. The number of benzene rings is 4. The second kappa shape index (κ2) is 33.2. The summed E-state index contributed by atoms with van der Waals surface area (Å²) >= 11 is 4.02. The molecule has 0 spiro atoms. The monoisotopic (exact) mass is 1150 g/mol.